The van der Waals surface area contributed by atoms with Gasteiger partial charge in [0.05, 0.1) is 25.2 Å². The van der Waals surface area contributed by atoms with Gasteiger partial charge in [0, 0.05) is 55.0 Å². The van der Waals surface area contributed by atoms with Gasteiger partial charge in [0.1, 0.15) is 6.61 Å². The first-order valence-electron chi connectivity index (χ1n) is 10.6. The molecule has 0 bridgehead atoms. The lowest BCUT2D eigenvalue weighted by molar-refractivity contribution is 0.0317. The number of nitrogens with zero attached hydrogens (tertiary/aromatic N) is 8. The van der Waals surface area contributed by atoms with Crippen molar-refractivity contribution in [2.45, 2.75) is 5.92 Å². The largest absolute Gasteiger partial charge is 0.488 e. The minimum absolute atomic E-state index is 0.0656. The fourth-order valence-electron chi connectivity index (χ4n) is 3.49. The van der Waals surface area contributed by atoms with E-state index in [-0.39, 0.29) is 17.2 Å². The van der Waals surface area contributed by atoms with Crippen LogP contribution in [0.4, 0.5) is 8.78 Å². The number of benzene rings is 1. The lowest BCUT2D eigenvalue weighted by Crippen LogP contribution is -2.19. The van der Waals surface area contributed by atoms with E-state index in [4.69, 9.17) is 9.47 Å². The molecule has 0 saturated heterocycles. The van der Waals surface area contributed by atoms with Crippen LogP contribution in [0.5, 0.6) is 5.75 Å². The summed E-state index contributed by atoms with van der Waals surface area (Å²) in [5.74, 6) is -3.21. The molecule has 0 N–H and O–H groups in total. The Morgan fingerprint density at radius 1 is 0.914 bits per heavy atom. The molecule has 5 rings (SSSR count). The number of fused-ring (bicyclic) bond motifs is 1. The zero-order chi connectivity index (χ0) is 24.4. The van der Waals surface area contributed by atoms with Crippen LogP contribution in [0.15, 0.2) is 61.4 Å². The molecule has 0 unspecified atom stereocenters. The van der Waals surface area contributed by atoms with Gasteiger partial charge in [-0.3, -0.25) is 9.08 Å². The summed E-state index contributed by atoms with van der Waals surface area (Å²) in [5, 5.41) is 11.7. The Hall–Kier alpha value is -4.32. The molecule has 1 aromatic carbocycles. The molecule has 0 aliphatic heterocycles. The summed E-state index contributed by atoms with van der Waals surface area (Å²) in [6, 6.07) is 5.84. The molecule has 0 aliphatic carbocycles. The van der Waals surface area contributed by atoms with E-state index in [9.17, 15) is 0 Å². The molecule has 178 valence electrons. The van der Waals surface area contributed by atoms with Crippen molar-refractivity contribution in [2.24, 2.45) is 7.05 Å². The molecule has 0 aliphatic rings. The van der Waals surface area contributed by atoms with Crippen molar-refractivity contribution in [3.05, 3.63) is 72.8 Å². The van der Waals surface area contributed by atoms with Gasteiger partial charge < -0.3 is 9.47 Å². The zero-order valence-electron chi connectivity index (χ0n) is 18.8. The second-order valence-corrected chi connectivity index (χ2v) is 7.68. The highest BCUT2D eigenvalue weighted by Crippen LogP contribution is 2.36. The van der Waals surface area contributed by atoms with E-state index in [2.05, 4.69) is 30.2 Å². The Bertz CT molecular complexity index is 1470. The van der Waals surface area contributed by atoms with Crippen LogP contribution in [-0.4, -0.2) is 59.7 Å². The van der Waals surface area contributed by atoms with E-state index in [1.54, 1.807) is 43.5 Å². The van der Waals surface area contributed by atoms with Gasteiger partial charge in [-0.1, -0.05) is 18.2 Å². The number of rotatable bonds is 8. The number of aromatic nitrogens is 8. The number of methoxy groups -OCH3 is 1. The van der Waals surface area contributed by atoms with Gasteiger partial charge in [-0.2, -0.15) is 13.9 Å². The second-order valence-electron chi connectivity index (χ2n) is 7.68. The van der Waals surface area contributed by atoms with Crippen LogP contribution in [0.3, 0.4) is 0 Å². The third kappa shape index (κ3) is 4.43. The first kappa shape index (κ1) is 22.5. The number of hydrogen-bond acceptors (Lipinski definition) is 8. The average molecular weight is 478 g/mol. The minimum atomic E-state index is -3.46. The summed E-state index contributed by atoms with van der Waals surface area (Å²) in [7, 11) is 3.34. The maximum absolute atomic E-state index is 15.7. The summed E-state index contributed by atoms with van der Waals surface area (Å²) in [6.45, 7) is 0.778. The molecule has 0 atom stereocenters. The van der Waals surface area contributed by atoms with Crippen molar-refractivity contribution in [1.82, 2.24) is 39.3 Å². The summed E-state index contributed by atoms with van der Waals surface area (Å²) >= 11 is 0. The highest BCUT2D eigenvalue weighted by molar-refractivity contribution is 5.61. The Morgan fingerprint density at radius 2 is 1.71 bits per heavy atom. The summed E-state index contributed by atoms with van der Waals surface area (Å²) in [5.41, 5.74) is 1.49. The minimum Gasteiger partial charge on any atom is -0.488 e. The molecule has 0 amide bonds. The predicted octanol–water partition coefficient (Wildman–Crippen LogP) is 3.15. The molecule has 4 aromatic heterocycles. The van der Waals surface area contributed by atoms with Crippen LogP contribution in [0.25, 0.3) is 28.3 Å². The SMILES string of the molecule is COCCOc1cnc(-c2cccc(C(F)(F)c3nnc4ncc(-c5cnn(C)c5)cn34)c2)nc1. The topological polar surface area (TPSA) is 105 Å². The van der Waals surface area contributed by atoms with E-state index in [0.29, 0.717) is 30.1 Å². The van der Waals surface area contributed by atoms with Gasteiger partial charge in [0.25, 0.3) is 5.78 Å². The standard InChI is InChI=1S/C23H20F2N8O2/c1-32-13-17(10-29-32)16-9-28-22-31-30-21(33(22)14-16)23(24,25)18-5-3-4-15(8-18)20-26-11-19(12-27-20)35-7-6-34-2/h3-5,8-14H,6-7H2,1-2H3. The summed E-state index contributed by atoms with van der Waals surface area (Å²) < 4.78 is 44.6. The van der Waals surface area contributed by atoms with Gasteiger partial charge in [-0.25, -0.2) is 15.0 Å². The Balaban J connectivity index is 1.47. The molecular formula is C23H20F2N8O2. The fourth-order valence-corrected chi connectivity index (χ4v) is 3.49. The third-order valence-corrected chi connectivity index (χ3v) is 5.25. The van der Waals surface area contributed by atoms with Crippen LogP contribution in [0, 0.1) is 0 Å². The Morgan fingerprint density at radius 3 is 2.46 bits per heavy atom. The van der Waals surface area contributed by atoms with Gasteiger partial charge in [-0.05, 0) is 6.07 Å². The molecule has 0 radical (unpaired) electrons. The van der Waals surface area contributed by atoms with E-state index in [0.717, 1.165) is 5.56 Å². The quantitative estimate of drug-likeness (QED) is 0.313. The van der Waals surface area contributed by atoms with E-state index >= 15 is 8.78 Å². The van der Waals surface area contributed by atoms with E-state index < -0.39 is 11.7 Å². The molecule has 0 fully saturated rings. The van der Waals surface area contributed by atoms with Crippen molar-refractivity contribution in [2.75, 3.05) is 20.3 Å². The average Bonchev–Trinajstić information content (AvgIpc) is 3.51. The molecule has 0 saturated carbocycles. The highest BCUT2D eigenvalue weighted by atomic mass is 19.3. The van der Waals surface area contributed by atoms with Crippen LogP contribution in [0.1, 0.15) is 11.4 Å². The van der Waals surface area contributed by atoms with E-state index in [1.807, 2.05) is 0 Å². The molecule has 35 heavy (non-hydrogen) atoms. The predicted molar refractivity (Wildman–Crippen MR) is 121 cm³/mol. The van der Waals surface area contributed by atoms with Crippen LogP contribution in [0.2, 0.25) is 0 Å². The lowest BCUT2D eigenvalue weighted by atomic mass is 10.0. The van der Waals surface area contributed by atoms with Gasteiger partial charge in [0.2, 0.25) is 5.82 Å². The molecular weight excluding hydrogens is 458 g/mol. The van der Waals surface area contributed by atoms with Crippen molar-refractivity contribution >= 4 is 5.78 Å². The van der Waals surface area contributed by atoms with Crippen molar-refractivity contribution in [3.8, 4) is 28.3 Å². The normalized spacial score (nSPS) is 11.8. The lowest BCUT2D eigenvalue weighted by Gasteiger charge is -2.16. The number of halogens is 2. The fraction of sp³-hybridized carbons (Fsp3) is 0.217. The maximum Gasteiger partial charge on any atom is 0.332 e. The van der Waals surface area contributed by atoms with Gasteiger partial charge >= 0.3 is 5.92 Å². The number of hydrogen-bond donors (Lipinski definition) is 0. The smallest absolute Gasteiger partial charge is 0.332 e. The molecule has 12 heteroatoms. The van der Waals surface area contributed by atoms with Crippen molar-refractivity contribution < 1.29 is 18.3 Å². The van der Waals surface area contributed by atoms with Crippen LogP contribution < -0.4 is 4.74 Å². The van der Waals surface area contributed by atoms with Gasteiger partial charge in [0.15, 0.2) is 11.6 Å². The highest BCUT2D eigenvalue weighted by Gasteiger charge is 2.40. The van der Waals surface area contributed by atoms with Crippen molar-refractivity contribution in [3.63, 3.8) is 0 Å². The first-order valence-corrected chi connectivity index (χ1v) is 10.6. The first-order chi connectivity index (χ1) is 17.0. The van der Waals surface area contributed by atoms with Gasteiger partial charge in [-0.15, -0.1) is 10.2 Å². The van der Waals surface area contributed by atoms with E-state index in [1.165, 1.54) is 41.2 Å². The third-order valence-electron chi connectivity index (χ3n) is 5.25. The summed E-state index contributed by atoms with van der Waals surface area (Å²) in [6.07, 6.45) is 9.44. The second kappa shape index (κ2) is 9.14. The maximum atomic E-state index is 15.7. The molecule has 5 aromatic rings. The van der Waals surface area contributed by atoms with Crippen LogP contribution in [-0.2, 0) is 17.7 Å². The molecule has 0 spiro atoms. The van der Waals surface area contributed by atoms with Crippen molar-refractivity contribution in [1.29, 1.82) is 0 Å². The number of alkyl halides is 2. The monoisotopic (exact) mass is 478 g/mol. The Kier molecular flexibility index (Phi) is 5.87. The number of ether oxygens (including phenoxy) is 2. The molecule has 4 heterocycles. The zero-order valence-corrected chi connectivity index (χ0v) is 18.8. The summed E-state index contributed by atoms with van der Waals surface area (Å²) in [4.78, 5) is 12.6. The molecule has 10 nitrogen and oxygen atoms in total. The van der Waals surface area contributed by atoms with Crippen LogP contribution >= 0.6 is 0 Å². The number of aryl methyl sites for hydroxylation is 1. The Labute approximate surface area is 198 Å².